The Balaban J connectivity index is 2.58. The summed E-state index contributed by atoms with van der Waals surface area (Å²) in [6.45, 7) is 2.59. The van der Waals surface area contributed by atoms with Crippen molar-refractivity contribution in [2.75, 3.05) is 6.61 Å². The van der Waals surface area contributed by atoms with Crippen LogP contribution in [0.4, 0.5) is 0 Å². The van der Waals surface area contributed by atoms with Gasteiger partial charge in [0.2, 0.25) is 6.29 Å². The molecule has 2 aromatic carbocycles. The van der Waals surface area contributed by atoms with E-state index in [4.69, 9.17) is 4.74 Å². The highest BCUT2D eigenvalue weighted by atomic mass is 16.5. The number of hydrogen-bond acceptors (Lipinski definition) is 2. The van der Waals surface area contributed by atoms with Gasteiger partial charge in [0.05, 0.1) is 6.61 Å². The normalized spacial score (nSPS) is 10.2. The fraction of sp³-hybridized carbons (Fsp3) is 0.154. The Bertz CT molecular complexity index is 489. The average Bonchev–Trinajstić information content (AvgIpc) is 2.28. The third-order valence-electron chi connectivity index (χ3n) is 2.27. The monoisotopic (exact) mass is 199 g/mol. The van der Waals surface area contributed by atoms with Crippen molar-refractivity contribution in [2.24, 2.45) is 0 Å². The molecule has 0 bridgehead atoms. The third kappa shape index (κ3) is 1.84. The van der Waals surface area contributed by atoms with Crippen LogP contribution in [0, 0.1) is 0 Å². The maximum atomic E-state index is 10.7. The molecule has 0 unspecified atom stereocenters. The van der Waals surface area contributed by atoms with Crippen molar-refractivity contribution in [2.45, 2.75) is 6.92 Å². The fourth-order valence-electron chi connectivity index (χ4n) is 1.61. The second-order valence-electron chi connectivity index (χ2n) is 3.22. The lowest BCUT2D eigenvalue weighted by Crippen LogP contribution is -1.91. The molecule has 1 radical (unpaired) electrons. The van der Waals surface area contributed by atoms with E-state index in [9.17, 15) is 4.79 Å². The summed E-state index contributed by atoms with van der Waals surface area (Å²) in [5.74, 6) is 0.827. The zero-order valence-corrected chi connectivity index (χ0v) is 8.49. The molecule has 0 saturated carbocycles. The van der Waals surface area contributed by atoms with Crippen molar-refractivity contribution < 1.29 is 9.53 Å². The van der Waals surface area contributed by atoms with Crippen LogP contribution in [0.25, 0.3) is 10.8 Å². The smallest absolute Gasteiger partial charge is 0.234 e. The quantitative estimate of drug-likeness (QED) is 0.759. The molecule has 0 saturated heterocycles. The van der Waals surface area contributed by atoms with Gasteiger partial charge in [0.25, 0.3) is 0 Å². The second kappa shape index (κ2) is 4.13. The van der Waals surface area contributed by atoms with E-state index in [-0.39, 0.29) is 0 Å². The van der Waals surface area contributed by atoms with Gasteiger partial charge in [-0.05, 0) is 35.9 Å². The number of fused-ring (bicyclic) bond motifs is 1. The van der Waals surface area contributed by atoms with E-state index < -0.39 is 0 Å². The molecular formula is C13H11O2. The maximum absolute atomic E-state index is 10.7. The minimum Gasteiger partial charge on any atom is -0.494 e. The van der Waals surface area contributed by atoms with Crippen LogP contribution in [0.1, 0.15) is 12.5 Å². The lowest BCUT2D eigenvalue weighted by molar-refractivity contribution is 0.341. The summed E-state index contributed by atoms with van der Waals surface area (Å²) in [6.07, 6.45) is 1.93. The molecule has 0 aliphatic rings. The minimum absolute atomic E-state index is 0.593. The van der Waals surface area contributed by atoms with Crippen LogP contribution < -0.4 is 4.74 Å². The van der Waals surface area contributed by atoms with Gasteiger partial charge >= 0.3 is 0 Å². The van der Waals surface area contributed by atoms with E-state index in [1.54, 1.807) is 6.07 Å². The van der Waals surface area contributed by atoms with Gasteiger partial charge < -0.3 is 4.74 Å². The first kappa shape index (κ1) is 9.71. The summed E-state index contributed by atoms with van der Waals surface area (Å²) in [6, 6.07) is 11.2. The molecule has 2 heteroatoms. The Morgan fingerprint density at radius 3 is 2.87 bits per heavy atom. The highest BCUT2D eigenvalue weighted by molar-refractivity contribution is 5.98. The number of benzene rings is 2. The zero-order valence-electron chi connectivity index (χ0n) is 8.49. The van der Waals surface area contributed by atoms with Gasteiger partial charge in [-0.25, -0.2) is 0 Å². The standard InChI is InChI=1S/C13H11O2/c1-2-15-12-6-7-13-10(8-12)4-3-5-11(13)9-14/h3-8H,2H2,1H3. The summed E-state index contributed by atoms with van der Waals surface area (Å²) >= 11 is 0. The molecule has 0 heterocycles. The van der Waals surface area contributed by atoms with Crippen molar-refractivity contribution in [1.29, 1.82) is 0 Å². The van der Waals surface area contributed by atoms with Crippen LogP contribution in [0.15, 0.2) is 36.4 Å². The first-order chi connectivity index (χ1) is 7.35. The van der Waals surface area contributed by atoms with Crippen LogP contribution >= 0.6 is 0 Å². The lowest BCUT2D eigenvalue weighted by Gasteiger charge is -2.05. The first-order valence-corrected chi connectivity index (χ1v) is 4.89. The van der Waals surface area contributed by atoms with Crippen LogP contribution in [-0.2, 0) is 4.79 Å². The van der Waals surface area contributed by atoms with Crippen LogP contribution in [0.5, 0.6) is 5.75 Å². The summed E-state index contributed by atoms with van der Waals surface area (Å²) in [5, 5.41) is 1.91. The molecule has 0 N–H and O–H groups in total. The number of ether oxygens (including phenoxy) is 1. The molecule has 0 amide bonds. The van der Waals surface area contributed by atoms with E-state index in [0.717, 1.165) is 16.5 Å². The van der Waals surface area contributed by atoms with Gasteiger partial charge in [0.1, 0.15) is 5.75 Å². The highest BCUT2D eigenvalue weighted by Gasteiger charge is 2.01. The van der Waals surface area contributed by atoms with Gasteiger partial charge in [-0.1, -0.05) is 18.2 Å². The average molecular weight is 199 g/mol. The number of hydrogen-bond donors (Lipinski definition) is 0. The van der Waals surface area contributed by atoms with Crippen molar-refractivity contribution in [1.82, 2.24) is 0 Å². The molecule has 15 heavy (non-hydrogen) atoms. The number of rotatable bonds is 3. The predicted molar refractivity (Wildman–Crippen MR) is 59.9 cm³/mol. The van der Waals surface area contributed by atoms with E-state index in [1.165, 1.54) is 0 Å². The summed E-state index contributed by atoms with van der Waals surface area (Å²) in [4.78, 5) is 10.7. The van der Waals surface area contributed by atoms with Gasteiger partial charge in [-0.2, -0.15) is 0 Å². The minimum atomic E-state index is 0.593. The molecular weight excluding hydrogens is 188 g/mol. The van der Waals surface area contributed by atoms with Crippen LogP contribution in [-0.4, -0.2) is 12.9 Å². The van der Waals surface area contributed by atoms with Gasteiger partial charge in [0.15, 0.2) is 0 Å². The molecule has 0 atom stereocenters. The molecule has 0 aliphatic heterocycles. The molecule has 0 aliphatic carbocycles. The molecule has 0 spiro atoms. The van der Waals surface area contributed by atoms with E-state index in [1.807, 2.05) is 43.5 Å². The summed E-state index contributed by atoms with van der Waals surface area (Å²) in [5.41, 5.74) is 0.593. The van der Waals surface area contributed by atoms with Crippen molar-refractivity contribution >= 4 is 17.1 Å². The van der Waals surface area contributed by atoms with Crippen LogP contribution in [0.2, 0.25) is 0 Å². The third-order valence-corrected chi connectivity index (χ3v) is 2.27. The Morgan fingerprint density at radius 1 is 1.27 bits per heavy atom. The Hall–Kier alpha value is -1.83. The molecule has 2 nitrogen and oxygen atoms in total. The molecule has 0 aromatic heterocycles. The summed E-state index contributed by atoms with van der Waals surface area (Å²) < 4.78 is 5.39. The lowest BCUT2D eigenvalue weighted by atomic mass is 10.1. The summed E-state index contributed by atoms with van der Waals surface area (Å²) in [7, 11) is 0. The Kier molecular flexibility index (Phi) is 2.68. The van der Waals surface area contributed by atoms with Gasteiger partial charge in [-0.3, -0.25) is 4.79 Å². The molecule has 2 rings (SSSR count). The zero-order chi connectivity index (χ0) is 10.7. The van der Waals surface area contributed by atoms with E-state index >= 15 is 0 Å². The van der Waals surface area contributed by atoms with Crippen LogP contribution in [0.3, 0.4) is 0 Å². The predicted octanol–water partition coefficient (Wildman–Crippen LogP) is 2.70. The Labute approximate surface area is 88.5 Å². The molecule has 2 aromatic rings. The van der Waals surface area contributed by atoms with Crippen molar-refractivity contribution in [3.63, 3.8) is 0 Å². The maximum Gasteiger partial charge on any atom is 0.234 e. The van der Waals surface area contributed by atoms with Crippen molar-refractivity contribution in [3.8, 4) is 5.75 Å². The topological polar surface area (TPSA) is 26.3 Å². The van der Waals surface area contributed by atoms with E-state index in [0.29, 0.717) is 12.2 Å². The first-order valence-electron chi connectivity index (χ1n) is 4.89. The molecule has 75 valence electrons. The van der Waals surface area contributed by atoms with Gasteiger partial charge in [0, 0.05) is 5.56 Å². The number of carbonyl (C=O) groups excluding carboxylic acids is 1. The van der Waals surface area contributed by atoms with E-state index in [2.05, 4.69) is 0 Å². The van der Waals surface area contributed by atoms with Gasteiger partial charge in [-0.15, -0.1) is 0 Å². The molecule has 0 fully saturated rings. The fourth-order valence-corrected chi connectivity index (χ4v) is 1.61. The second-order valence-corrected chi connectivity index (χ2v) is 3.22. The Morgan fingerprint density at radius 2 is 2.13 bits per heavy atom. The highest BCUT2D eigenvalue weighted by Crippen LogP contribution is 2.22. The largest absolute Gasteiger partial charge is 0.494 e. The SMILES string of the molecule is CCOc1ccc2c([C]=O)cccc2c1. The van der Waals surface area contributed by atoms with Crippen molar-refractivity contribution in [3.05, 3.63) is 42.0 Å².